The van der Waals surface area contributed by atoms with Crippen molar-refractivity contribution in [3.8, 4) is 11.5 Å². The Bertz CT molecular complexity index is 1490. The molecule has 0 saturated carbocycles. The summed E-state index contributed by atoms with van der Waals surface area (Å²) in [5, 5.41) is 0. The lowest BCUT2D eigenvalue weighted by atomic mass is 9.86. The fourth-order valence-corrected chi connectivity index (χ4v) is 10.7. The van der Waals surface area contributed by atoms with Crippen molar-refractivity contribution in [1.29, 1.82) is 0 Å². The molecule has 0 aliphatic rings. The Morgan fingerprint density at radius 2 is 0.500 bits per heavy atom. The number of halogens is 4. The van der Waals surface area contributed by atoms with Crippen LogP contribution in [0.5, 0.6) is 11.5 Å². The van der Waals surface area contributed by atoms with Crippen LogP contribution in [0.1, 0.15) is 308 Å². The number of hydrogen-bond acceptors (Lipinski definition) is 2. The molecular weight excluding hydrogens is 1120 g/mol. The summed E-state index contributed by atoms with van der Waals surface area (Å²) in [4.78, 5) is 0. The van der Waals surface area contributed by atoms with Gasteiger partial charge >= 0.3 is 0 Å². The highest BCUT2D eigenvalue weighted by Crippen LogP contribution is 2.33. The van der Waals surface area contributed by atoms with Crippen molar-refractivity contribution in [3.63, 3.8) is 0 Å². The van der Waals surface area contributed by atoms with Crippen LogP contribution in [-0.4, -0.2) is 13.2 Å². The molecule has 0 N–H and O–H groups in total. The first kappa shape index (κ1) is 65.6. The first-order valence-corrected chi connectivity index (χ1v) is 32.5. The van der Waals surface area contributed by atoms with Gasteiger partial charge in [-0.2, -0.15) is 0 Å². The summed E-state index contributed by atoms with van der Waals surface area (Å²) in [6, 6.07) is 13.2. The second-order valence-corrected chi connectivity index (χ2v) is 28.6. The molecule has 6 heteroatoms. The zero-order valence-corrected chi connectivity index (χ0v) is 52.6. The molecule has 0 amide bonds. The van der Waals surface area contributed by atoms with Gasteiger partial charge in [0.05, 0.1) is 20.0 Å². The normalized spacial score (nSPS) is 11.9. The highest BCUT2D eigenvalue weighted by Gasteiger charge is 2.17. The van der Waals surface area contributed by atoms with Crippen LogP contribution < -0.4 is 9.47 Å². The molecule has 0 spiro atoms. The average Bonchev–Trinajstić information content (AvgIpc) is 3.30. The summed E-state index contributed by atoms with van der Waals surface area (Å²) >= 11 is 14.1. The molecule has 2 nitrogen and oxygen atoms in total. The first-order chi connectivity index (χ1) is 33.8. The van der Waals surface area contributed by atoms with E-state index >= 15 is 0 Å². The second-order valence-electron chi connectivity index (χ2n) is 23.0. The van der Waals surface area contributed by atoms with E-state index in [2.05, 4.69) is 154 Å². The molecule has 0 atom stereocenters. The van der Waals surface area contributed by atoms with Crippen molar-refractivity contribution in [3.05, 3.63) is 65.4 Å². The Kier molecular flexibility index (Phi) is 39.9. The second kappa shape index (κ2) is 42.6. The lowest BCUT2D eigenvalue weighted by molar-refractivity contribution is 0.303. The van der Waals surface area contributed by atoms with E-state index < -0.39 is 0 Å². The Morgan fingerprint density at radius 1 is 0.314 bits per heavy atom. The molecule has 0 radical (unpaired) electrons. The smallest absolute Gasteiger partial charge is 0.126 e. The molecule has 0 aliphatic carbocycles. The standard InChI is InChI=1S/C64H106Br4O2/c1-63(2,3)57-45-47-59(55(51-57)53-61(65)66)69-49-43-41-39-37-35-33-31-29-27-25-23-21-19-17-15-13-11-9-7-8-10-12-14-16-18-20-22-24-26-28-30-32-34-36-38-40-42-44-50-70-60-48-46-58(64(4,5)6)52-56(60)54-62(67)68/h45-48,51-54H,7-44,49-50H2,1-6H3. The van der Waals surface area contributed by atoms with Crippen LogP contribution >= 0.6 is 63.7 Å². The maximum atomic E-state index is 6.20. The Hall–Kier alpha value is -0.560. The summed E-state index contributed by atoms with van der Waals surface area (Å²) in [5.74, 6) is 1.95. The van der Waals surface area contributed by atoms with Crippen LogP contribution in [0.2, 0.25) is 0 Å². The summed E-state index contributed by atoms with van der Waals surface area (Å²) in [7, 11) is 0. The molecule has 0 unspecified atom stereocenters. The maximum absolute atomic E-state index is 6.20. The van der Waals surface area contributed by atoms with Crippen molar-refractivity contribution in [1.82, 2.24) is 0 Å². The largest absolute Gasteiger partial charge is 0.493 e. The summed E-state index contributed by atoms with van der Waals surface area (Å²) < 4.78 is 14.3. The minimum Gasteiger partial charge on any atom is -0.493 e. The molecule has 0 bridgehead atoms. The highest BCUT2D eigenvalue weighted by molar-refractivity contribution is 9.28. The predicted octanol–water partition coefficient (Wildman–Crippen LogP) is 24.7. The third-order valence-corrected chi connectivity index (χ3v) is 15.3. The Morgan fingerprint density at radius 3 is 0.671 bits per heavy atom. The molecule has 0 saturated heterocycles. The Balaban J connectivity index is 1.21. The topological polar surface area (TPSA) is 18.5 Å². The number of rotatable bonds is 45. The molecule has 0 aromatic heterocycles. The molecule has 0 fully saturated rings. The van der Waals surface area contributed by atoms with E-state index in [4.69, 9.17) is 9.47 Å². The van der Waals surface area contributed by atoms with Gasteiger partial charge in [-0.15, -0.1) is 0 Å². The zero-order chi connectivity index (χ0) is 51.0. The molecule has 2 rings (SSSR count). The van der Waals surface area contributed by atoms with Crippen molar-refractivity contribution >= 4 is 75.9 Å². The minimum absolute atomic E-state index is 0.124. The number of unbranched alkanes of at least 4 members (excludes halogenated alkanes) is 37. The molecule has 2 aromatic carbocycles. The van der Waals surface area contributed by atoms with Crippen molar-refractivity contribution in [2.24, 2.45) is 0 Å². The predicted molar refractivity (Wildman–Crippen MR) is 328 cm³/mol. The van der Waals surface area contributed by atoms with E-state index in [9.17, 15) is 0 Å². The van der Waals surface area contributed by atoms with E-state index in [0.29, 0.717) is 0 Å². The molecule has 2 aromatic rings. The summed E-state index contributed by atoms with van der Waals surface area (Å²) in [5.41, 5.74) is 5.16. The van der Waals surface area contributed by atoms with Crippen molar-refractivity contribution < 1.29 is 9.47 Å². The van der Waals surface area contributed by atoms with Gasteiger partial charge in [-0.25, -0.2) is 0 Å². The van der Waals surface area contributed by atoms with Crippen LogP contribution in [0.25, 0.3) is 12.2 Å². The summed E-state index contributed by atoms with van der Waals surface area (Å²) in [6.07, 6.45) is 58.0. The highest BCUT2D eigenvalue weighted by atomic mass is 79.9. The van der Waals surface area contributed by atoms with Gasteiger partial charge in [0.15, 0.2) is 0 Å². The van der Waals surface area contributed by atoms with E-state index in [1.165, 1.54) is 242 Å². The molecule has 402 valence electrons. The monoisotopic (exact) mass is 1220 g/mol. The Labute approximate surface area is 468 Å². The fourth-order valence-electron chi connectivity index (χ4n) is 9.69. The van der Waals surface area contributed by atoms with Gasteiger partial charge in [-0.1, -0.05) is 285 Å². The molecular formula is C64H106Br4O2. The lowest BCUT2D eigenvalue weighted by Crippen LogP contribution is -2.11. The molecule has 0 aliphatic heterocycles. The molecule has 70 heavy (non-hydrogen) atoms. The van der Waals surface area contributed by atoms with E-state index in [0.717, 1.165) is 55.5 Å². The van der Waals surface area contributed by atoms with Gasteiger partial charge < -0.3 is 9.47 Å². The van der Waals surface area contributed by atoms with Gasteiger partial charge in [-0.3, -0.25) is 0 Å². The van der Waals surface area contributed by atoms with E-state index in [-0.39, 0.29) is 10.8 Å². The fraction of sp³-hybridized carbons (Fsp3) is 0.750. The van der Waals surface area contributed by atoms with Gasteiger partial charge in [0, 0.05) is 11.1 Å². The number of ether oxygens (including phenoxy) is 2. The van der Waals surface area contributed by atoms with Crippen molar-refractivity contribution in [2.75, 3.05) is 13.2 Å². The van der Waals surface area contributed by atoms with Crippen LogP contribution in [0.15, 0.2) is 43.2 Å². The van der Waals surface area contributed by atoms with Gasteiger partial charge in [0.2, 0.25) is 0 Å². The molecule has 0 heterocycles. The summed E-state index contributed by atoms with van der Waals surface area (Å²) in [6.45, 7) is 15.1. The van der Waals surface area contributed by atoms with Gasteiger partial charge in [-0.05, 0) is 135 Å². The van der Waals surface area contributed by atoms with Gasteiger partial charge in [0.1, 0.15) is 11.5 Å². The quantitative estimate of drug-likeness (QED) is 0.0616. The minimum atomic E-state index is 0.124. The van der Waals surface area contributed by atoms with E-state index in [1.54, 1.807) is 0 Å². The third-order valence-electron chi connectivity index (χ3n) is 14.3. The SMILES string of the molecule is CC(C)(C)c1ccc(OCCCCCCCCCCCCCCCCCCCCCCCCCCCCCCCCCCCCCCCCOc2ccc(C(C)(C)C)cc2C=C(Br)Br)c(C=C(Br)Br)c1. The number of benzene rings is 2. The third kappa shape index (κ3) is 36.4. The number of hydrogen-bond donors (Lipinski definition) is 0. The lowest BCUT2D eigenvalue weighted by Gasteiger charge is -2.21. The van der Waals surface area contributed by atoms with Crippen LogP contribution in [0, 0.1) is 0 Å². The van der Waals surface area contributed by atoms with Crippen LogP contribution in [0.4, 0.5) is 0 Å². The van der Waals surface area contributed by atoms with E-state index in [1.807, 2.05) is 0 Å². The first-order valence-electron chi connectivity index (χ1n) is 29.4. The average molecular weight is 1230 g/mol. The van der Waals surface area contributed by atoms with Crippen LogP contribution in [-0.2, 0) is 10.8 Å². The van der Waals surface area contributed by atoms with Gasteiger partial charge in [0.25, 0.3) is 0 Å². The zero-order valence-electron chi connectivity index (χ0n) is 46.2. The van der Waals surface area contributed by atoms with Crippen molar-refractivity contribution in [2.45, 2.75) is 296 Å². The van der Waals surface area contributed by atoms with Crippen LogP contribution in [0.3, 0.4) is 0 Å². The maximum Gasteiger partial charge on any atom is 0.126 e.